The number of aromatic nitrogens is 8. The Hall–Kier alpha value is -6.08. The van der Waals surface area contributed by atoms with Crippen LogP contribution in [0.5, 0.6) is 5.75 Å². The molecule has 0 radical (unpaired) electrons. The number of primary sulfonamides is 1. The zero-order chi connectivity index (χ0) is 38.2. The molecule has 0 aliphatic carbocycles. The molecule has 53 heavy (non-hydrogen) atoms. The summed E-state index contributed by atoms with van der Waals surface area (Å²) in [7, 11) is -2.59. The van der Waals surface area contributed by atoms with Crippen LogP contribution in [-0.4, -0.2) is 77.1 Å². The topological polar surface area (TPSA) is 236 Å². The van der Waals surface area contributed by atoms with Gasteiger partial charge in [0.25, 0.3) is 11.8 Å². The highest BCUT2D eigenvalue weighted by Gasteiger charge is 2.23. The van der Waals surface area contributed by atoms with Gasteiger partial charge in [0.2, 0.25) is 21.9 Å². The van der Waals surface area contributed by atoms with Crippen LogP contribution in [0.25, 0.3) is 22.1 Å². The number of unbranched alkanes of at least 4 members (excludes halogenated alkanes) is 1. The average molecular weight is 746 g/mol. The van der Waals surface area contributed by atoms with Crippen LogP contribution in [0.2, 0.25) is 0 Å². The number of methoxy groups -OCH3 is 1. The minimum atomic E-state index is -4.02. The first-order chi connectivity index (χ1) is 25.2. The van der Waals surface area contributed by atoms with E-state index in [4.69, 9.17) is 9.88 Å². The number of sulfonamides is 1. The Bertz CT molecular complexity index is 2510. The summed E-state index contributed by atoms with van der Waals surface area (Å²) >= 11 is 0. The number of nitrogens with one attached hydrogen (secondary N) is 2. The summed E-state index contributed by atoms with van der Waals surface area (Å²) < 4.78 is 36.5. The first kappa shape index (κ1) is 36.7. The van der Waals surface area contributed by atoms with E-state index >= 15 is 0 Å². The van der Waals surface area contributed by atoms with Crippen LogP contribution >= 0.6 is 0 Å². The molecule has 0 fully saturated rings. The molecule has 5 N–H and O–H groups in total. The molecular weight excluding hydrogens is 707 g/mol. The summed E-state index contributed by atoms with van der Waals surface area (Å²) in [6, 6.07) is 10.5. The summed E-state index contributed by atoms with van der Waals surface area (Å²) in [5.74, 6) is -1.39. The Morgan fingerprint density at radius 1 is 0.811 bits per heavy atom. The Kier molecular flexibility index (Phi) is 10.0. The SMILES string of the molecule is CCn1nc(C)cc1C(=O)Nc1nc2cc(S(N)(=O)=O)ccc2n1CCCCn1c(NC(=O)c2cc(C)nn2CC)nc2cc(C(=O)O)cc(OC)c21. The number of hydrogen-bond donors (Lipinski definition) is 4. The van der Waals surface area contributed by atoms with Gasteiger partial charge >= 0.3 is 5.97 Å². The van der Waals surface area contributed by atoms with Crippen molar-refractivity contribution in [2.24, 2.45) is 5.14 Å². The molecule has 6 rings (SSSR count). The fraction of sp³-hybridized carbons (Fsp3) is 0.324. The Labute approximate surface area is 303 Å². The van der Waals surface area contributed by atoms with E-state index < -0.39 is 27.8 Å². The molecule has 0 unspecified atom stereocenters. The van der Waals surface area contributed by atoms with Crippen molar-refractivity contribution in [3.05, 3.63) is 70.8 Å². The number of nitrogens with two attached hydrogens (primary N) is 1. The number of rotatable bonds is 14. The molecule has 0 aliphatic heterocycles. The van der Waals surface area contributed by atoms with Gasteiger partial charge in [-0.3, -0.25) is 29.6 Å². The highest BCUT2D eigenvalue weighted by Crippen LogP contribution is 2.32. The quantitative estimate of drug-likeness (QED) is 0.117. The normalized spacial score (nSPS) is 11.7. The Balaban J connectivity index is 1.32. The first-order valence-corrected chi connectivity index (χ1v) is 18.3. The fourth-order valence-corrected chi connectivity index (χ4v) is 6.77. The largest absolute Gasteiger partial charge is 0.494 e. The maximum absolute atomic E-state index is 13.5. The lowest BCUT2D eigenvalue weighted by Gasteiger charge is -2.14. The van der Waals surface area contributed by atoms with E-state index in [2.05, 4.69) is 30.8 Å². The van der Waals surface area contributed by atoms with Crippen molar-refractivity contribution in [2.45, 2.75) is 71.6 Å². The molecule has 0 bridgehead atoms. The molecule has 0 saturated heterocycles. The van der Waals surface area contributed by atoms with Crippen LogP contribution in [0.3, 0.4) is 0 Å². The van der Waals surface area contributed by atoms with E-state index in [0.717, 1.165) is 0 Å². The number of nitrogens with zero attached hydrogens (tertiary/aromatic N) is 8. The maximum atomic E-state index is 13.5. The minimum absolute atomic E-state index is 0.0270. The van der Waals surface area contributed by atoms with Gasteiger partial charge in [0.05, 0.1) is 45.5 Å². The molecule has 19 heteroatoms. The molecule has 4 heterocycles. The van der Waals surface area contributed by atoms with Gasteiger partial charge < -0.3 is 19.0 Å². The van der Waals surface area contributed by atoms with E-state index in [-0.39, 0.29) is 28.1 Å². The van der Waals surface area contributed by atoms with E-state index in [1.807, 2.05) is 13.8 Å². The number of carbonyl (C=O) groups excluding carboxylic acids is 2. The average Bonchev–Trinajstić information content (AvgIpc) is 3.87. The highest BCUT2D eigenvalue weighted by atomic mass is 32.2. The van der Waals surface area contributed by atoms with Crippen LogP contribution < -0.4 is 20.5 Å². The number of hydrogen-bond acceptors (Lipinski definition) is 10. The molecular formula is C34H39N11O7S. The van der Waals surface area contributed by atoms with Crippen molar-refractivity contribution in [3.63, 3.8) is 0 Å². The van der Waals surface area contributed by atoms with Gasteiger partial charge in [-0.1, -0.05) is 0 Å². The standard InChI is InChI=1S/C34H39N11O7S/c1-6-44-26(14-19(3)40-44)30(46)38-33-36-23-18-22(53(35,50)51)10-11-25(23)42(33)12-8-9-13-43-29-24(16-21(32(48)49)17-28(29)52-5)37-34(43)39-31(47)27-15-20(4)41-45(27)7-2/h10-11,14-18H,6-9,12-13H2,1-5H3,(H,48,49)(H2,35,50,51)(H,36,38,46)(H,37,39,47). The molecule has 278 valence electrons. The fourth-order valence-electron chi connectivity index (χ4n) is 6.24. The van der Waals surface area contributed by atoms with Gasteiger partial charge in [0, 0.05) is 26.2 Å². The number of aryl methyl sites for hydroxylation is 6. The molecule has 2 amide bonds. The van der Waals surface area contributed by atoms with Crippen LogP contribution in [0, 0.1) is 13.8 Å². The second-order valence-electron chi connectivity index (χ2n) is 12.3. The highest BCUT2D eigenvalue weighted by molar-refractivity contribution is 7.89. The van der Waals surface area contributed by atoms with Gasteiger partial charge in [0.1, 0.15) is 22.7 Å². The third-order valence-electron chi connectivity index (χ3n) is 8.65. The number of anilines is 2. The molecule has 0 spiro atoms. The van der Waals surface area contributed by atoms with Crippen molar-refractivity contribution in [1.29, 1.82) is 0 Å². The van der Waals surface area contributed by atoms with Crippen molar-refractivity contribution >= 4 is 61.8 Å². The summed E-state index contributed by atoms with van der Waals surface area (Å²) in [6.07, 6.45) is 1.02. The van der Waals surface area contributed by atoms with Crippen molar-refractivity contribution in [2.75, 3.05) is 17.7 Å². The lowest BCUT2D eigenvalue weighted by Crippen LogP contribution is -2.20. The molecule has 0 atom stereocenters. The lowest BCUT2D eigenvalue weighted by molar-refractivity contribution is 0.0696. The van der Waals surface area contributed by atoms with E-state index in [1.165, 1.54) is 31.4 Å². The minimum Gasteiger partial charge on any atom is -0.494 e. The summed E-state index contributed by atoms with van der Waals surface area (Å²) in [4.78, 5) is 47.9. The van der Waals surface area contributed by atoms with Gasteiger partial charge in [-0.25, -0.2) is 28.3 Å². The molecule has 6 aromatic rings. The Morgan fingerprint density at radius 2 is 1.36 bits per heavy atom. The number of benzene rings is 2. The van der Waals surface area contributed by atoms with Crippen molar-refractivity contribution in [3.8, 4) is 5.75 Å². The number of fused-ring (bicyclic) bond motifs is 2. The number of aromatic carboxylic acids is 1. The summed E-state index contributed by atoms with van der Waals surface area (Å²) in [6.45, 7) is 8.93. The van der Waals surface area contributed by atoms with Gasteiger partial charge in [-0.2, -0.15) is 10.2 Å². The number of carbonyl (C=O) groups is 3. The molecule has 18 nitrogen and oxygen atoms in total. The summed E-state index contributed by atoms with van der Waals surface area (Å²) in [5, 5.41) is 29.6. The molecule has 0 saturated carbocycles. The van der Waals surface area contributed by atoms with Crippen molar-refractivity contribution in [1.82, 2.24) is 38.7 Å². The van der Waals surface area contributed by atoms with Crippen LogP contribution in [-0.2, 0) is 36.2 Å². The number of ether oxygens (including phenoxy) is 1. The zero-order valence-electron chi connectivity index (χ0n) is 29.7. The Morgan fingerprint density at radius 3 is 1.89 bits per heavy atom. The number of amides is 2. The monoisotopic (exact) mass is 745 g/mol. The predicted molar refractivity (Wildman–Crippen MR) is 195 cm³/mol. The second-order valence-corrected chi connectivity index (χ2v) is 13.9. The van der Waals surface area contributed by atoms with Gasteiger partial charge in [-0.05, 0) is 83.0 Å². The van der Waals surface area contributed by atoms with Crippen molar-refractivity contribution < 1.29 is 32.6 Å². The molecule has 0 aliphatic rings. The van der Waals surface area contributed by atoms with E-state index in [1.54, 1.807) is 50.5 Å². The van der Waals surface area contributed by atoms with E-state index in [9.17, 15) is 27.9 Å². The second kappa shape index (κ2) is 14.5. The third kappa shape index (κ3) is 7.33. The predicted octanol–water partition coefficient (Wildman–Crippen LogP) is 3.77. The maximum Gasteiger partial charge on any atom is 0.335 e. The van der Waals surface area contributed by atoms with E-state index in [0.29, 0.717) is 83.9 Å². The first-order valence-electron chi connectivity index (χ1n) is 16.8. The summed E-state index contributed by atoms with van der Waals surface area (Å²) in [5.41, 5.74) is 3.69. The van der Waals surface area contributed by atoms with Crippen LogP contribution in [0.15, 0.2) is 47.4 Å². The zero-order valence-corrected chi connectivity index (χ0v) is 30.6. The third-order valence-corrected chi connectivity index (χ3v) is 9.57. The smallest absolute Gasteiger partial charge is 0.335 e. The lowest BCUT2D eigenvalue weighted by atomic mass is 10.2. The molecule has 2 aromatic carbocycles. The number of imidazole rings is 2. The van der Waals surface area contributed by atoms with Crippen LogP contribution in [0.4, 0.5) is 11.9 Å². The number of carboxylic acid groups (broad SMARTS) is 1. The molecule has 4 aromatic heterocycles. The van der Waals surface area contributed by atoms with Crippen LogP contribution in [0.1, 0.15) is 69.4 Å². The number of carboxylic acids is 1. The van der Waals surface area contributed by atoms with Gasteiger partial charge in [0.15, 0.2) is 0 Å². The van der Waals surface area contributed by atoms with Gasteiger partial charge in [-0.15, -0.1) is 0 Å².